The van der Waals surface area contributed by atoms with Crippen LogP contribution in [0.15, 0.2) is 46.9 Å². The van der Waals surface area contributed by atoms with Gasteiger partial charge < -0.3 is 9.88 Å². The van der Waals surface area contributed by atoms with E-state index in [1.165, 1.54) is 0 Å². The molecule has 24 heavy (non-hydrogen) atoms. The molecule has 1 aromatic heterocycles. The molecule has 122 valence electrons. The summed E-state index contributed by atoms with van der Waals surface area (Å²) in [4.78, 5) is 17.5. The summed E-state index contributed by atoms with van der Waals surface area (Å²) in [6, 6.07) is 13.4. The van der Waals surface area contributed by atoms with Gasteiger partial charge in [0.1, 0.15) is 0 Å². The second kappa shape index (κ2) is 6.83. The number of H-pyrrole nitrogens is 1. The Bertz CT molecular complexity index is 926. The predicted octanol–water partition coefficient (Wildman–Crippen LogP) is 5.46. The minimum atomic E-state index is -0.0284. The number of aromatic nitrogens is 1. The average molecular weight is 404 g/mol. The topological polar surface area (TPSA) is 36.1 Å². The van der Waals surface area contributed by atoms with Crippen LogP contribution < -0.4 is 0 Å². The molecule has 0 saturated heterocycles. The summed E-state index contributed by atoms with van der Waals surface area (Å²) in [5, 5.41) is 1.61. The van der Waals surface area contributed by atoms with Crippen molar-refractivity contribution in [2.75, 3.05) is 14.1 Å². The maximum Gasteiger partial charge on any atom is 0.256 e. The number of carbonyl (C=O) groups excluding carboxylic acids is 1. The highest BCUT2D eigenvalue weighted by atomic mass is 79.9. The molecule has 0 fully saturated rings. The van der Waals surface area contributed by atoms with Crippen LogP contribution in [-0.4, -0.2) is 29.9 Å². The summed E-state index contributed by atoms with van der Waals surface area (Å²) >= 11 is 9.38. The fourth-order valence-corrected chi connectivity index (χ4v) is 3.01. The summed E-state index contributed by atoms with van der Waals surface area (Å²) in [5.74, 6) is -0.0284. The SMILES string of the molecule is CN(C)C(=O)c1c(C=Cc2ccc(Cl)cc2)[nH]c2cc(Br)ccc12. The molecule has 3 aromatic rings. The number of halogens is 2. The highest BCUT2D eigenvalue weighted by Gasteiger charge is 2.18. The number of aromatic amines is 1. The van der Waals surface area contributed by atoms with Crippen molar-refractivity contribution in [3.05, 3.63) is 68.8 Å². The lowest BCUT2D eigenvalue weighted by Crippen LogP contribution is -2.22. The zero-order valence-corrected chi connectivity index (χ0v) is 15.6. The number of benzene rings is 2. The van der Waals surface area contributed by atoms with E-state index in [1.807, 2.05) is 54.6 Å². The molecule has 0 radical (unpaired) electrons. The first kappa shape index (κ1) is 16.8. The number of carbonyl (C=O) groups is 1. The van der Waals surface area contributed by atoms with E-state index in [-0.39, 0.29) is 5.91 Å². The summed E-state index contributed by atoms with van der Waals surface area (Å²) in [6.45, 7) is 0. The van der Waals surface area contributed by atoms with Crippen LogP contribution in [0.3, 0.4) is 0 Å². The van der Waals surface area contributed by atoms with Crippen LogP contribution >= 0.6 is 27.5 Å². The quantitative estimate of drug-likeness (QED) is 0.619. The fraction of sp³-hybridized carbons (Fsp3) is 0.105. The Morgan fingerprint density at radius 3 is 2.50 bits per heavy atom. The highest BCUT2D eigenvalue weighted by Crippen LogP contribution is 2.27. The summed E-state index contributed by atoms with van der Waals surface area (Å²) in [5.41, 5.74) is 3.40. The second-order valence-electron chi connectivity index (χ2n) is 5.69. The van der Waals surface area contributed by atoms with Gasteiger partial charge >= 0.3 is 0 Å². The van der Waals surface area contributed by atoms with Gasteiger partial charge in [-0.2, -0.15) is 0 Å². The van der Waals surface area contributed by atoms with Gasteiger partial charge in [0, 0.05) is 34.5 Å². The van der Waals surface area contributed by atoms with Gasteiger partial charge in [0.25, 0.3) is 5.91 Å². The largest absolute Gasteiger partial charge is 0.354 e. The molecule has 3 rings (SSSR count). The highest BCUT2D eigenvalue weighted by molar-refractivity contribution is 9.10. The Morgan fingerprint density at radius 2 is 1.83 bits per heavy atom. The average Bonchev–Trinajstić information content (AvgIpc) is 2.90. The lowest BCUT2D eigenvalue weighted by atomic mass is 10.1. The van der Waals surface area contributed by atoms with Gasteiger partial charge in [0.2, 0.25) is 0 Å². The molecular formula is C19H16BrClN2O. The van der Waals surface area contributed by atoms with Crippen molar-refractivity contribution in [2.45, 2.75) is 0 Å². The first-order valence-electron chi connectivity index (χ1n) is 7.42. The van der Waals surface area contributed by atoms with Crippen LogP contribution in [0.1, 0.15) is 21.6 Å². The molecule has 0 aliphatic heterocycles. The third kappa shape index (κ3) is 3.40. The minimum Gasteiger partial charge on any atom is -0.354 e. The van der Waals surface area contributed by atoms with Crippen molar-refractivity contribution in [2.24, 2.45) is 0 Å². The predicted molar refractivity (Wildman–Crippen MR) is 104 cm³/mol. The van der Waals surface area contributed by atoms with Crippen molar-refractivity contribution in [3.8, 4) is 0 Å². The number of hydrogen-bond acceptors (Lipinski definition) is 1. The van der Waals surface area contributed by atoms with Gasteiger partial charge in [0.15, 0.2) is 0 Å². The van der Waals surface area contributed by atoms with Crippen LogP contribution in [0.4, 0.5) is 0 Å². The van der Waals surface area contributed by atoms with Gasteiger partial charge in [-0.1, -0.05) is 51.8 Å². The van der Waals surface area contributed by atoms with E-state index >= 15 is 0 Å². The van der Waals surface area contributed by atoms with Crippen LogP contribution in [0.5, 0.6) is 0 Å². The maximum atomic E-state index is 12.6. The minimum absolute atomic E-state index is 0.0284. The van der Waals surface area contributed by atoms with Gasteiger partial charge in [-0.25, -0.2) is 0 Å². The molecule has 2 aromatic carbocycles. The summed E-state index contributed by atoms with van der Waals surface area (Å²) < 4.78 is 0.966. The molecule has 0 atom stereocenters. The third-order valence-corrected chi connectivity index (χ3v) is 4.47. The van der Waals surface area contributed by atoms with Crippen molar-refractivity contribution in [1.82, 2.24) is 9.88 Å². The number of nitrogens with zero attached hydrogens (tertiary/aromatic N) is 1. The molecular weight excluding hydrogens is 388 g/mol. The Morgan fingerprint density at radius 1 is 1.12 bits per heavy atom. The number of hydrogen-bond donors (Lipinski definition) is 1. The van der Waals surface area contributed by atoms with Crippen molar-refractivity contribution < 1.29 is 4.79 Å². The molecule has 5 heteroatoms. The fourth-order valence-electron chi connectivity index (χ4n) is 2.52. The van der Waals surface area contributed by atoms with E-state index in [0.717, 1.165) is 26.6 Å². The van der Waals surface area contributed by atoms with E-state index in [4.69, 9.17) is 11.6 Å². The smallest absolute Gasteiger partial charge is 0.256 e. The Hall–Kier alpha value is -2.04. The van der Waals surface area contributed by atoms with E-state index in [1.54, 1.807) is 19.0 Å². The first-order valence-corrected chi connectivity index (χ1v) is 8.59. The second-order valence-corrected chi connectivity index (χ2v) is 7.04. The van der Waals surface area contributed by atoms with Crippen LogP contribution in [0, 0.1) is 0 Å². The molecule has 0 spiro atoms. The maximum absolute atomic E-state index is 12.6. The monoisotopic (exact) mass is 402 g/mol. The van der Waals surface area contributed by atoms with E-state index in [0.29, 0.717) is 10.6 Å². The molecule has 1 heterocycles. The van der Waals surface area contributed by atoms with Crippen LogP contribution in [-0.2, 0) is 0 Å². The van der Waals surface area contributed by atoms with Crippen LogP contribution in [0.25, 0.3) is 23.1 Å². The number of amides is 1. The van der Waals surface area contributed by atoms with Crippen LogP contribution in [0.2, 0.25) is 5.02 Å². The first-order chi connectivity index (χ1) is 11.5. The zero-order chi connectivity index (χ0) is 17.3. The Labute approximate surface area is 154 Å². The number of rotatable bonds is 3. The van der Waals surface area contributed by atoms with Crippen molar-refractivity contribution in [1.29, 1.82) is 0 Å². The molecule has 0 bridgehead atoms. The molecule has 0 unspecified atom stereocenters. The van der Waals surface area contributed by atoms with E-state index in [9.17, 15) is 4.79 Å². The molecule has 0 aliphatic rings. The molecule has 0 saturated carbocycles. The number of nitrogens with one attached hydrogen (secondary N) is 1. The van der Waals surface area contributed by atoms with Gasteiger partial charge in [-0.15, -0.1) is 0 Å². The zero-order valence-electron chi connectivity index (χ0n) is 13.3. The molecule has 1 amide bonds. The van der Waals surface area contributed by atoms with Crippen molar-refractivity contribution >= 4 is 56.5 Å². The van der Waals surface area contributed by atoms with Crippen molar-refractivity contribution in [3.63, 3.8) is 0 Å². The van der Waals surface area contributed by atoms with E-state index < -0.39 is 0 Å². The lowest BCUT2D eigenvalue weighted by molar-refractivity contribution is 0.0829. The molecule has 0 aliphatic carbocycles. The number of fused-ring (bicyclic) bond motifs is 1. The van der Waals surface area contributed by atoms with E-state index in [2.05, 4.69) is 20.9 Å². The normalized spacial score (nSPS) is 11.3. The Balaban J connectivity index is 2.10. The van der Waals surface area contributed by atoms with Gasteiger partial charge in [-0.05, 0) is 35.9 Å². The van der Waals surface area contributed by atoms with Gasteiger partial charge in [0.05, 0.1) is 11.3 Å². The molecule has 1 N–H and O–H groups in total. The summed E-state index contributed by atoms with van der Waals surface area (Å²) in [7, 11) is 3.51. The van der Waals surface area contributed by atoms with Gasteiger partial charge in [-0.3, -0.25) is 4.79 Å². The standard InChI is InChI=1S/C19H16BrClN2O/c1-23(2)19(24)18-15-9-6-13(20)11-17(15)22-16(18)10-5-12-3-7-14(21)8-4-12/h3-11,22H,1-2H3. The lowest BCUT2D eigenvalue weighted by Gasteiger charge is -2.10. The molecule has 3 nitrogen and oxygen atoms in total. The Kier molecular flexibility index (Phi) is 4.78. The third-order valence-electron chi connectivity index (χ3n) is 3.72. The summed E-state index contributed by atoms with van der Waals surface area (Å²) in [6.07, 6.45) is 3.89.